The van der Waals surface area contributed by atoms with E-state index in [-0.39, 0.29) is 11.5 Å². The Morgan fingerprint density at radius 1 is 1.26 bits per heavy atom. The zero-order valence-electron chi connectivity index (χ0n) is 10.0. The van der Waals surface area contributed by atoms with Crippen molar-refractivity contribution >= 4 is 45.8 Å². The Labute approximate surface area is 129 Å². The van der Waals surface area contributed by atoms with Crippen molar-refractivity contribution < 1.29 is 9.18 Å². The highest BCUT2D eigenvalue weighted by Gasteiger charge is 2.10. The first kappa shape index (κ1) is 14.3. The lowest BCUT2D eigenvalue weighted by atomic mass is 10.1. The van der Waals surface area contributed by atoms with E-state index in [1.165, 1.54) is 6.07 Å². The molecule has 0 unspecified atom stereocenters. The molecule has 19 heavy (non-hydrogen) atoms. The van der Waals surface area contributed by atoms with Gasteiger partial charge in [0.15, 0.2) is 0 Å². The van der Waals surface area contributed by atoms with E-state index in [4.69, 9.17) is 11.6 Å². The maximum absolute atomic E-state index is 13.4. The Kier molecular flexibility index (Phi) is 4.42. The lowest BCUT2D eigenvalue weighted by Gasteiger charge is -2.08. The van der Waals surface area contributed by atoms with Crippen LogP contribution in [0.1, 0.15) is 15.9 Å². The highest BCUT2D eigenvalue weighted by atomic mass is 127. The number of amides is 1. The Morgan fingerprint density at radius 2 is 2.00 bits per heavy atom. The Hall–Kier alpha value is -1.14. The van der Waals surface area contributed by atoms with Crippen LogP contribution in [0.15, 0.2) is 36.4 Å². The first-order valence-corrected chi connectivity index (χ1v) is 6.95. The molecule has 0 heterocycles. The molecule has 0 aliphatic carbocycles. The highest BCUT2D eigenvalue weighted by molar-refractivity contribution is 14.1. The molecular formula is C14H10ClFINO. The number of rotatable bonds is 2. The van der Waals surface area contributed by atoms with Gasteiger partial charge in [-0.25, -0.2) is 4.39 Å². The second-order valence-electron chi connectivity index (χ2n) is 4.04. The van der Waals surface area contributed by atoms with Crippen molar-refractivity contribution in [1.82, 2.24) is 0 Å². The quantitative estimate of drug-likeness (QED) is 0.745. The molecule has 0 saturated carbocycles. The molecule has 2 nitrogen and oxygen atoms in total. The molecule has 0 spiro atoms. The van der Waals surface area contributed by atoms with Crippen LogP contribution < -0.4 is 5.32 Å². The minimum absolute atomic E-state index is 0.262. The van der Waals surface area contributed by atoms with Crippen LogP contribution in [0.25, 0.3) is 0 Å². The van der Waals surface area contributed by atoms with Crippen LogP contribution in [0.3, 0.4) is 0 Å². The number of hydrogen-bond acceptors (Lipinski definition) is 1. The Bertz CT molecular complexity index is 645. The molecule has 1 amide bonds. The summed E-state index contributed by atoms with van der Waals surface area (Å²) < 4.78 is 14.4. The smallest absolute Gasteiger partial charge is 0.255 e. The monoisotopic (exact) mass is 389 g/mol. The van der Waals surface area contributed by atoms with Gasteiger partial charge in [0.1, 0.15) is 5.82 Å². The second kappa shape index (κ2) is 5.88. The third-order valence-electron chi connectivity index (χ3n) is 2.61. The van der Waals surface area contributed by atoms with Crippen LogP contribution in [-0.4, -0.2) is 5.91 Å². The molecule has 2 aromatic rings. The molecule has 2 aromatic carbocycles. The van der Waals surface area contributed by atoms with E-state index in [9.17, 15) is 9.18 Å². The fourth-order valence-corrected chi connectivity index (χ4v) is 2.42. The topological polar surface area (TPSA) is 29.1 Å². The number of nitrogens with one attached hydrogen (secondary N) is 1. The van der Waals surface area contributed by atoms with Crippen molar-refractivity contribution in [1.29, 1.82) is 0 Å². The number of aryl methyl sites for hydroxylation is 1. The predicted molar refractivity (Wildman–Crippen MR) is 83.3 cm³/mol. The predicted octanol–water partition coefficient (Wildman–Crippen LogP) is 4.64. The van der Waals surface area contributed by atoms with Gasteiger partial charge in [0.25, 0.3) is 5.91 Å². The Balaban J connectivity index is 2.23. The number of carbonyl (C=O) groups is 1. The van der Waals surface area contributed by atoms with Crippen molar-refractivity contribution in [3.05, 3.63) is 61.9 Å². The first-order valence-electron chi connectivity index (χ1n) is 5.50. The van der Waals surface area contributed by atoms with Gasteiger partial charge in [-0.3, -0.25) is 4.79 Å². The zero-order valence-corrected chi connectivity index (χ0v) is 12.9. The van der Waals surface area contributed by atoms with E-state index in [0.29, 0.717) is 16.3 Å². The van der Waals surface area contributed by atoms with Gasteiger partial charge in [0, 0.05) is 9.13 Å². The van der Waals surface area contributed by atoms with Gasteiger partial charge in [-0.1, -0.05) is 17.7 Å². The summed E-state index contributed by atoms with van der Waals surface area (Å²) in [6.07, 6.45) is 0. The fourth-order valence-electron chi connectivity index (χ4n) is 1.52. The van der Waals surface area contributed by atoms with Gasteiger partial charge in [-0.2, -0.15) is 0 Å². The standard InChI is InChI=1S/C14H10ClFINO/c1-8-2-3-9(6-12(8)16)14(19)18-13-5-4-10(17)7-11(13)15/h2-7H,1H3,(H,18,19). The van der Waals surface area contributed by atoms with Gasteiger partial charge in [0.2, 0.25) is 0 Å². The molecule has 0 bridgehead atoms. The van der Waals surface area contributed by atoms with Gasteiger partial charge in [0.05, 0.1) is 10.7 Å². The summed E-state index contributed by atoms with van der Waals surface area (Å²) in [5.74, 6) is -0.789. The number of halogens is 3. The van der Waals surface area contributed by atoms with E-state index in [1.54, 1.807) is 31.2 Å². The molecular weight excluding hydrogens is 380 g/mol. The van der Waals surface area contributed by atoms with E-state index >= 15 is 0 Å². The first-order chi connectivity index (χ1) is 8.97. The van der Waals surface area contributed by atoms with Crippen molar-refractivity contribution in [2.75, 3.05) is 5.32 Å². The highest BCUT2D eigenvalue weighted by Crippen LogP contribution is 2.24. The number of anilines is 1. The minimum Gasteiger partial charge on any atom is -0.321 e. The molecule has 0 radical (unpaired) electrons. The normalized spacial score (nSPS) is 10.3. The van der Waals surface area contributed by atoms with Crippen LogP contribution in [0.2, 0.25) is 5.02 Å². The summed E-state index contributed by atoms with van der Waals surface area (Å²) in [6, 6.07) is 9.65. The average molecular weight is 390 g/mol. The van der Waals surface area contributed by atoms with E-state index < -0.39 is 5.82 Å². The van der Waals surface area contributed by atoms with Gasteiger partial charge in [-0.15, -0.1) is 0 Å². The van der Waals surface area contributed by atoms with Crippen LogP contribution in [0, 0.1) is 16.3 Å². The summed E-state index contributed by atoms with van der Waals surface area (Å²) in [4.78, 5) is 12.0. The third kappa shape index (κ3) is 3.45. The van der Waals surface area contributed by atoms with Gasteiger partial charge < -0.3 is 5.32 Å². The summed E-state index contributed by atoms with van der Waals surface area (Å²) in [5.41, 5.74) is 1.27. The molecule has 5 heteroatoms. The maximum atomic E-state index is 13.4. The fraction of sp³-hybridized carbons (Fsp3) is 0.0714. The van der Waals surface area contributed by atoms with Crippen LogP contribution in [0.4, 0.5) is 10.1 Å². The molecule has 1 N–H and O–H groups in total. The molecule has 0 aromatic heterocycles. The SMILES string of the molecule is Cc1ccc(C(=O)Nc2ccc(I)cc2Cl)cc1F. The summed E-state index contributed by atoms with van der Waals surface area (Å²) in [7, 11) is 0. The summed E-state index contributed by atoms with van der Waals surface area (Å²) in [5, 5.41) is 3.11. The molecule has 0 aliphatic heterocycles. The molecule has 2 rings (SSSR count). The van der Waals surface area contributed by atoms with Crippen LogP contribution >= 0.6 is 34.2 Å². The summed E-state index contributed by atoms with van der Waals surface area (Å²) in [6.45, 7) is 1.65. The maximum Gasteiger partial charge on any atom is 0.255 e. The van der Waals surface area contributed by atoms with E-state index in [1.807, 2.05) is 6.07 Å². The molecule has 0 fully saturated rings. The molecule has 0 saturated heterocycles. The third-order valence-corrected chi connectivity index (χ3v) is 3.60. The second-order valence-corrected chi connectivity index (χ2v) is 5.70. The average Bonchev–Trinajstić information content (AvgIpc) is 2.36. The van der Waals surface area contributed by atoms with Crippen molar-refractivity contribution in [2.24, 2.45) is 0 Å². The van der Waals surface area contributed by atoms with Crippen LogP contribution in [-0.2, 0) is 0 Å². The number of benzene rings is 2. The van der Waals surface area contributed by atoms with Gasteiger partial charge in [-0.05, 0) is 65.4 Å². The lowest BCUT2D eigenvalue weighted by molar-refractivity contribution is 0.102. The lowest BCUT2D eigenvalue weighted by Crippen LogP contribution is -2.12. The number of carbonyl (C=O) groups excluding carboxylic acids is 1. The van der Waals surface area contributed by atoms with Gasteiger partial charge >= 0.3 is 0 Å². The minimum atomic E-state index is -0.402. The zero-order chi connectivity index (χ0) is 14.0. The van der Waals surface area contributed by atoms with E-state index in [2.05, 4.69) is 27.9 Å². The van der Waals surface area contributed by atoms with Crippen molar-refractivity contribution in [3.63, 3.8) is 0 Å². The molecule has 0 atom stereocenters. The van der Waals surface area contributed by atoms with Crippen LogP contribution in [0.5, 0.6) is 0 Å². The molecule has 0 aliphatic rings. The Morgan fingerprint density at radius 3 is 2.63 bits per heavy atom. The largest absolute Gasteiger partial charge is 0.321 e. The van der Waals surface area contributed by atoms with E-state index in [0.717, 1.165) is 3.57 Å². The molecule has 98 valence electrons. The van der Waals surface area contributed by atoms with Crippen molar-refractivity contribution in [2.45, 2.75) is 6.92 Å². The summed E-state index contributed by atoms with van der Waals surface area (Å²) >= 11 is 8.15. The number of hydrogen-bond donors (Lipinski definition) is 1. The van der Waals surface area contributed by atoms with Crippen molar-refractivity contribution in [3.8, 4) is 0 Å².